The summed E-state index contributed by atoms with van der Waals surface area (Å²) in [7, 11) is 0. The van der Waals surface area contributed by atoms with Crippen LogP contribution in [0.15, 0.2) is 55.1 Å². The zero-order valence-corrected chi connectivity index (χ0v) is 16.6. The highest BCUT2D eigenvalue weighted by atomic mass is 35.5. The summed E-state index contributed by atoms with van der Waals surface area (Å²) in [5, 5.41) is 15.8. The van der Waals surface area contributed by atoms with Crippen molar-refractivity contribution in [3.8, 4) is 11.1 Å². The van der Waals surface area contributed by atoms with Crippen LogP contribution in [0.5, 0.6) is 0 Å². The number of benzene rings is 2. The molecule has 0 saturated carbocycles. The van der Waals surface area contributed by atoms with Crippen LogP contribution >= 0.6 is 11.6 Å². The molecule has 2 aromatic carbocycles. The molecule has 3 nitrogen and oxygen atoms in total. The monoisotopic (exact) mass is 385 g/mol. The molecule has 0 aromatic heterocycles. The lowest BCUT2D eigenvalue weighted by molar-refractivity contribution is -0.128. The van der Waals surface area contributed by atoms with Gasteiger partial charge in [-0.25, -0.2) is 0 Å². The van der Waals surface area contributed by atoms with Gasteiger partial charge in [0, 0.05) is 23.7 Å². The second kappa shape index (κ2) is 9.03. The van der Waals surface area contributed by atoms with Gasteiger partial charge in [-0.1, -0.05) is 61.0 Å². The van der Waals surface area contributed by atoms with Gasteiger partial charge in [-0.05, 0) is 42.0 Å². The minimum absolute atomic E-state index is 0.335. The van der Waals surface area contributed by atoms with E-state index in [0.717, 1.165) is 29.7 Å². The molecule has 2 unspecified atom stereocenters. The molecule has 2 aromatic rings. The lowest BCUT2D eigenvalue weighted by atomic mass is 9.79. The van der Waals surface area contributed by atoms with Crippen LogP contribution in [0, 0.1) is 0 Å². The molecule has 2 N–H and O–H groups in total. The van der Waals surface area contributed by atoms with Crippen molar-refractivity contribution in [3.05, 3.63) is 71.3 Å². The number of hydrogen-bond donors (Lipinski definition) is 2. The minimum atomic E-state index is -1.15. The molecule has 1 aliphatic rings. The average molecular weight is 386 g/mol. The Balaban J connectivity index is 2.14. The van der Waals surface area contributed by atoms with Crippen LogP contribution in [0.2, 0.25) is 5.02 Å². The summed E-state index contributed by atoms with van der Waals surface area (Å²) >= 11 is 6.65. The van der Waals surface area contributed by atoms with Crippen molar-refractivity contribution in [1.82, 2.24) is 5.32 Å². The smallest absolute Gasteiger partial charge is 0.118 e. The van der Waals surface area contributed by atoms with Gasteiger partial charge < -0.3 is 15.2 Å². The number of aliphatic hydroxyl groups is 1. The number of nitrogens with one attached hydrogen (secondary N) is 1. The topological polar surface area (TPSA) is 41.5 Å². The first-order chi connectivity index (χ1) is 13.1. The van der Waals surface area contributed by atoms with Gasteiger partial charge in [0.05, 0.1) is 6.61 Å². The summed E-state index contributed by atoms with van der Waals surface area (Å²) in [6.07, 6.45) is 3.67. The van der Waals surface area contributed by atoms with Crippen molar-refractivity contribution in [3.63, 3.8) is 0 Å². The fourth-order valence-electron chi connectivity index (χ4n) is 3.79. The normalized spacial score (nSPS) is 19.4. The van der Waals surface area contributed by atoms with Crippen LogP contribution in [-0.4, -0.2) is 30.9 Å². The highest BCUT2D eigenvalue weighted by Gasteiger charge is 2.41. The Bertz CT molecular complexity index is 786. The molecule has 0 aliphatic carbocycles. The number of ether oxygens (including phenoxy) is 1. The Morgan fingerprint density at radius 3 is 2.85 bits per heavy atom. The predicted molar refractivity (Wildman–Crippen MR) is 112 cm³/mol. The molecule has 0 amide bonds. The quantitative estimate of drug-likeness (QED) is 0.678. The van der Waals surface area contributed by atoms with Gasteiger partial charge in [0.25, 0.3) is 0 Å². The number of rotatable bonds is 7. The molecule has 4 heteroatoms. The molecule has 2 atom stereocenters. The van der Waals surface area contributed by atoms with Crippen molar-refractivity contribution >= 4 is 11.6 Å². The second-order valence-corrected chi connectivity index (χ2v) is 7.44. The highest BCUT2D eigenvalue weighted by Crippen LogP contribution is 2.42. The fraction of sp³-hybridized carbons (Fsp3) is 0.391. The largest absolute Gasteiger partial charge is 0.382 e. The van der Waals surface area contributed by atoms with Gasteiger partial charge in [-0.15, -0.1) is 6.58 Å². The molecular formula is C23H28ClNO2. The van der Waals surface area contributed by atoms with Crippen molar-refractivity contribution < 1.29 is 9.84 Å². The molecule has 0 radical (unpaired) electrons. The number of halogens is 1. The van der Waals surface area contributed by atoms with E-state index in [1.807, 2.05) is 30.3 Å². The third kappa shape index (κ3) is 4.27. The molecule has 1 aliphatic heterocycles. The molecule has 144 valence electrons. The number of morpholine rings is 1. The fourth-order valence-corrected chi connectivity index (χ4v) is 4.07. The van der Waals surface area contributed by atoms with E-state index < -0.39 is 5.60 Å². The summed E-state index contributed by atoms with van der Waals surface area (Å²) in [6, 6.07) is 14.1. The molecule has 3 rings (SSSR count). The van der Waals surface area contributed by atoms with Gasteiger partial charge in [-0.2, -0.15) is 0 Å². The van der Waals surface area contributed by atoms with E-state index in [4.69, 9.17) is 16.3 Å². The summed E-state index contributed by atoms with van der Waals surface area (Å²) in [4.78, 5) is 0. The number of hydrogen-bond acceptors (Lipinski definition) is 3. The molecule has 1 heterocycles. The number of allylic oxidation sites excluding steroid dienone is 1. The van der Waals surface area contributed by atoms with Gasteiger partial charge in [0.15, 0.2) is 0 Å². The van der Waals surface area contributed by atoms with Gasteiger partial charge in [-0.3, -0.25) is 0 Å². The SMILES string of the molecule is C=CCCC(O)(c1cccc(Cl)c1-c1cccc(CC)c1)C1CNCCO1. The maximum Gasteiger partial charge on any atom is 0.118 e. The van der Waals surface area contributed by atoms with Crippen LogP contribution in [0.25, 0.3) is 11.1 Å². The zero-order valence-electron chi connectivity index (χ0n) is 15.9. The standard InChI is InChI=1S/C23H28ClNO2/c1-3-5-12-23(26,21-16-25-13-14-27-21)19-10-7-11-20(24)22(19)18-9-6-8-17(4-2)15-18/h3,6-11,15,21,25-26H,1,4-5,12-14,16H2,2H3. The minimum Gasteiger partial charge on any atom is -0.382 e. The van der Waals surface area contributed by atoms with Crippen LogP contribution in [0.1, 0.15) is 30.9 Å². The summed E-state index contributed by atoms with van der Waals surface area (Å²) < 4.78 is 5.98. The Kier molecular flexibility index (Phi) is 6.72. The predicted octanol–water partition coefficient (Wildman–Crippen LogP) is 4.71. The lowest BCUT2D eigenvalue weighted by Crippen LogP contribution is -2.51. The Hall–Kier alpha value is -1.65. The third-order valence-corrected chi connectivity index (χ3v) is 5.61. The van der Waals surface area contributed by atoms with E-state index in [1.165, 1.54) is 5.56 Å². The first-order valence-corrected chi connectivity index (χ1v) is 10.0. The van der Waals surface area contributed by atoms with Crippen molar-refractivity contribution in [2.24, 2.45) is 0 Å². The van der Waals surface area contributed by atoms with E-state index >= 15 is 0 Å². The van der Waals surface area contributed by atoms with Crippen molar-refractivity contribution in [2.45, 2.75) is 37.9 Å². The summed E-state index contributed by atoms with van der Waals surface area (Å²) in [5.74, 6) is 0. The molecule has 27 heavy (non-hydrogen) atoms. The first-order valence-electron chi connectivity index (χ1n) is 9.64. The Morgan fingerprint density at radius 2 is 2.15 bits per heavy atom. The summed E-state index contributed by atoms with van der Waals surface area (Å²) in [6.45, 7) is 7.96. The zero-order chi connectivity index (χ0) is 19.3. The average Bonchev–Trinajstić information content (AvgIpc) is 2.72. The van der Waals surface area contributed by atoms with Crippen LogP contribution in [0.3, 0.4) is 0 Å². The van der Waals surface area contributed by atoms with Crippen molar-refractivity contribution in [1.29, 1.82) is 0 Å². The van der Waals surface area contributed by atoms with E-state index in [1.54, 1.807) is 0 Å². The highest BCUT2D eigenvalue weighted by molar-refractivity contribution is 6.33. The molecule has 0 bridgehead atoms. The van der Waals surface area contributed by atoms with E-state index in [2.05, 4.69) is 37.0 Å². The maximum absolute atomic E-state index is 11.9. The van der Waals surface area contributed by atoms with Gasteiger partial charge in [0.2, 0.25) is 0 Å². The van der Waals surface area contributed by atoms with Gasteiger partial charge >= 0.3 is 0 Å². The van der Waals surface area contributed by atoms with E-state index in [9.17, 15) is 5.11 Å². The number of aryl methyl sites for hydroxylation is 1. The molecular weight excluding hydrogens is 358 g/mol. The summed E-state index contributed by atoms with van der Waals surface area (Å²) in [5.41, 5.74) is 2.82. The van der Waals surface area contributed by atoms with Crippen LogP contribution < -0.4 is 5.32 Å². The third-order valence-electron chi connectivity index (χ3n) is 5.29. The molecule has 1 saturated heterocycles. The van der Waals surface area contributed by atoms with E-state index in [0.29, 0.717) is 31.0 Å². The van der Waals surface area contributed by atoms with Gasteiger partial charge in [0.1, 0.15) is 11.7 Å². The Morgan fingerprint density at radius 1 is 1.33 bits per heavy atom. The second-order valence-electron chi connectivity index (χ2n) is 7.03. The van der Waals surface area contributed by atoms with Crippen LogP contribution in [0.4, 0.5) is 0 Å². The molecule has 1 fully saturated rings. The van der Waals surface area contributed by atoms with Crippen molar-refractivity contribution in [2.75, 3.05) is 19.7 Å². The molecule has 0 spiro atoms. The maximum atomic E-state index is 11.9. The van der Waals surface area contributed by atoms with E-state index in [-0.39, 0.29) is 6.10 Å². The van der Waals surface area contributed by atoms with Crippen LogP contribution in [-0.2, 0) is 16.8 Å². The first kappa shape index (κ1) is 20.1. The Labute approximate surface area is 167 Å². The lowest BCUT2D eigenvalue weighted by Gasteiger charge is -2.40.